The number of carbonyl (C=O) groups is 2. The average molecular weight is 364 g/mol. The number of amides is 2. The summed E-state index contributed by atoms with van der Waals surface area (Å²) in [6, 6.07) is 3.73. The third-order valence-corrected chi connectivity index (χ3v) is 4.94. The van der Waals surface area contributed by atoms with E-state index in [4.69, 9.17) is 9.15 Å². The smallest absolute Gasteiger partial charge is 0.242 e. The van der Waals surface area contributed by atoms with E-state index >= 15 is 0 Å². The Kier molecular flexibility index (Phi) is 8.16. The summed E-state index contributed by atoms with van der Waals surface area (Å²) in [5.74, 6) is 0.734. The van der Waals surface area contributed by atoms with Crippen LogP contribution in [0, 0.1) is 0 Å². The van der Waals surface area contributed by atoms with Crippen LogP contribution in [0.2, 0.25) is 0 Å². The van der Waals surface area contributed by atoms with E-state index in [-0.39, 0.29) is 30.5 Å². The van der Waals surface area contributed by atoms with Gasteiger partial charge < -0.3 is 19.0 Å². The predicted molar refractivity (Wildman–Crippen MR) is 99.5 cm³/mol. The highest BCUT2D eigenvalue weighted by molar-refractivity contribution is 5.85. The molecule has 0 N–H and O–H groups in total. The van der Waals surface area contributed by atoms with E-state index in [9.17, 15) is 9.59 Å². The molecule has 146 valence electrons. The fraction of sp³-hybridized carbons (Fsp3) is 0.700. The minimum Gasteiger partial charge on any atom is -0.467 e. The van der Waals surface area contributed by atoms with Crippen molar-refractivity contribution in [2.24, 2.45) is 0 Å². The zero-order valence-electron chi connectivity index (χ0n) is 16.3. The fourth-order valence-corrected chi connectivity index (χ4v) is 3.19. The van der Waals surface area contributed by atoms with Gasteiger partial charge in [0.2, 0.25) is 11.8 Å². The highest BCUT2D eigenvalue weighted by Gasteiger charge is 2.27. The van der Waals surface area contributed by atoms with Gasteiger partial charge in [-0.3, -0.25) is 9.59 Å². The number of ether oxygens (including phenoxy) is 1. The summed E-state index contributed by atoms with van der Waals surface area (Å²) in [5, 5.41) is 0. The molecular formula is C20H32N2O4. The van der Waals surface area contributed by atoms with Crippen LogP contribution in [0.3, 0.4) is 0 Å². The van der Waals surface area contributed by atoms with Crippen LogP contribution in [0.15, 0.2) is 22.8 Å². The largest absolute Gasteiger partial charge is 0.467 e. The maximum absolute atomic E-state index is 13.0. The molecule has 1 saturated heterocycles. The Bertz CT molecular complexity index is 552. The normalized spacial score (nSPS) is 17.9. The lowest BCUT2D eigenvalue weighted by Crippen LogP contribution is -2.47. The first-order valence-electron chi connectivity index (χ1n) is 9.76. The highest BCUT2D eigenvalue weighted by atomic mass is 16.5. The molecule has 0 bridgehead atoms. The Morgan fingerprint density at radius 3 is 2.69 bits per heavy atom. The lowest BCUT2D eigenvalue weighted by atomic mass is 10.1. The van der Waals surface area contributed by atoms with Gasteiger partial charge in [0.05, 0.1) is 18.9 Å². The Hall–Kier alpha value is -1.82. The third kappa shape index (κ3) is 5.87. The molecule has 6 heteroatoms. The second kappa shape index (κ2) is 10.4. The number of hydrogen-bond donors (Lipinski definition) is 0. The summed E-state index contributed by atoms with van der Waals surface area (Å²) >= 11 is 0. The van der Waals surface area contributed by atoms with Crippen LogP contribution >= 0.6 is 0 Å². The summed E-state index contributed by atoms with van der Waals surface area (Å²) in [6.07, 6.45) is 5.76. The van der Waals surface area contributed by atoms with E-state index in [0.29, 0.717) is 19.5 Å². The standard InChI is InChI=1S/C20H32N2O4/c1-4-8-19(23)22(16(3)5-2)15-20(24)21(13-17-9-6-11-25-17)14-18-10-7-12-26-18/h6,9,11,16,18H,4-5,7-8,10,12-15H2,1-3H3/t16-,18+/m0/s1. The molecule has 2 rings (SSSR count). The van der Waals surface area contributed by atoms with Crippen LogP contribution < -0.4 is 0 Å². The van der Waals surface area contributed by atoms with Crippen molar-refractivity contribution in [3.8, 4) is 0 Å². The molecular weight excluding hydrogens is 332 g/mol. The molecule has 1 aliphatic rings. The maximum Gasteiger partial charge on any atom is 0.242 e. The third-order valence-electron chi connectivity index (χ3n) is 4.94. The summed E-state index contributed by atoms with van der Waals surface area (Å²) in [4.78, 5) is 29.0. The summed E-state index contributed by atoms with van der Waals surface area (Å²) < 4.78 is 11.1. The number of furan rings is 1. The monoisotopic (exact) mass is 364 g/mol. The minimum atomic E-state index is -0.0540. The van der Waals surface area contributed by atoms with Crippen molar-refractivity contribution < 1.29 is 18.7 Å². The van der Waals surface area contributed by atoms with Gasteiger partial charge in [-0.15, -0.1) is 0 Å². The first kappa shape index (κ1) is 20.5. The van der Waals surface area contributed by atoms with Crippen LogP contribution in [0.25, 0.3) is 0 Å². The SMILES string of the molecule is CCCC(=O)N(CC(=O)N(Cc1ccco1)C[C@H]1CCCO1)[C@@H](C)CC. The average Bonchev–Trinajstić information content (AvgIpc) is 3.32. The summed E-state index contributed by atoms with van der Waals surface area (Å²) in [5.41, 5.74) is 0. The molecule has 0 aliphatic carbocycles. The Balaban J connectivity index is 2.07. The van der Waals surface area contributed by atoms with Crippen molar-refractivity contribution >= 4 is 11.8 Å². The molecule has 0 spiro atoms. The van der Waals surface area contributed by atoms with Crippen molar-refractivity contribution in [2.45, 2.75) is 71.6 Å². The van der Waals surface area contributed by atoms with Crippen LogP contribution in [-0.2, 0) is 20.9 Å². The van der Waals surface area contributed by atoms with Crippen LogP contribution in [0.5, 0.6) is 0 Å². The molecule has 1 aliphatic heterocycles. The molecule has 6 nitrogen and oxygen atoms in total. The van der Waals surface area contributed by atoms with Gasteiger partial charge in [0.25, 0.3) is 0 Å². The van der Waals surface area contributed by atoms with Crippen LogP contribution in [0.1, 0.15) is 58.6 Å². The topological polar surface area (TPSA) is 63.0 Å². The van der Waals surface area contributed by atoms with Gasteiger partial charge in [-0.25, -0.2) is 0 Å². The van der Waals surface area contributed by atoms with E-state index in [1.165, 1.54) is 0 Å². The van der Waals surface area contributed by atoms with E-state index in [0.717, 1.165) is 38.1 Å². The van der Waals surface area contributed by atoms with E-state index in [1.54, 1.807) is 16.1 Å². The number of carbonyl (C=O) groups excluding carboxylic acids is 2. The van der Waals surface area contributed by atoms with Gasteiger partial charge in [-0.05, 0) is 44.7 Å². The molecule has 1 fully saturated rings. The molecule has 26 heavy (non-hydrogen) atoms. The van der Waals surface area contributed by atoms with E-state index < -0.39 is 0 Å². The molecule has 0 aromatic carbocycles. The number of nitrogens with zero attached hydrogens (tertiary/aromatic N) is 2. The van der Waals surface area contributed by atoms with Crippen molar-refractivity contribution in [3.63, 3.8) is 0 Å². The lowest BCUT2D eigenvalue weighted by molar-refractivity contribution is -0.143. The molecule has 1 aromatic rings. The highest BCUT2D eigenvalue weighted by Crippen LogP contribution is 2.17. The van der Waals surface area contributed by atoms with Gasteiger partial charge in [0, 0.05) is 25.6 Å². The Morgan fingerprint density at radius 1 is 1.31 bits per heavy atom. The van der Waals surface area contributed by atoms with E-state index in [1.807, 2.05) is 32.9 Å². The maximum atomic E-state index is 13.0. The molecule has 2 amide bonds. The van der Waals surface area contributed by atoms with E-state index in [2.05, 4.69) is 0 Å². The van der Waals surface area contributed by atoms with Gasteiger partial charge in [0.15, 0.2) is 0 Å². The van der Waals surface area contributed by atoms with Gasteiger partial charge in [0.1, 0.15) is 12.3 Å². The molecule has 1 aromatic heterocycles. The molecule has 2 heterocycles. The Morgan fingerprint density at radius 2 is 2.12 bits per heavy atom. The fourth-order valence-electron chi connectivity index (χ4n) is 3.19. The summed E-state index contributed by atoms with van der Waals surface area (Å²) in [6.45, 7) is 7.82. The number of rotatable bonds is 10. The van der Waals surface area contributed by atoms with Gasteiger partial charge >= 0.3 is 0 Å². The van der Waals surface area contributed by atoms with Crippen LogP contribution in [-0.4, -0.2) is 53.5 Å². The second-order valence-electron chi connectivity index (χ2n) is 7.02. The minimum absolute atomic E-state index is 0.0465. The van der Waals surface area contributed by atoms with Gasteiger partial charge in [-0.2, -0.15) is 0 Å². The van der Waals surface area contributed by atoms with Crippen molar-refractivity contribution in [1.82, 2.24) is 9.80 Å². The zero-order valence-corrected chi connectivity index (χ0v) is 16.3. The molecule has 2 atom stereocenters. The first-order valence-corrected chi connectivity index (χ1v) is 9.76. The molecule has 0 radical (unpaired) electrons. The molecule has 0 unspecified atom stereocenters. The van der Waals surface area contributed by atoms with Crippen molar-refractivity contribution in [1.29, 1.82) is 0 Å². The first-order chi connectivity index (χ1) is 12.5. The zero-order chi connectivity index (χ0) is 18.9. The Labute approximate surface area is 156 Å². The van der Waals surface area contributed by atoms with Crippen molar-refractivity contribution in [3.05, 3.63) is 24.2 Å². The van der Waals surface area contributed by atoms with Gasteiger partial charge in [-0.1, -0.05) is 13.8 Å². The number of hydrogen-bond acceptors (Lipinski definition) is 4. The lowest BCUT2D eigenvalue weighted by Gasteiger charge is -2.32. The summed E-state index contributed by atoms with van der Waals surface area (Å²) in [7, 11) is 0. The van der Waals surface area contributed by atoms with Crippen LogP contribution in [0.4, 0.5) is 0 Å². The predicted octanol–water partition coefficient (Wildman–Crippen LogP) is 3.21. The second-order valence-corrected chi connectivity index (χ2v) is 7.02. The quantitative estimate of drug-likeness (QED) is 0.639. The molecule has 0 saturated carbocycles. The van der Waals surface area contributed by atoms with Crippen molar-refractivity contribution in [2.75, 3.05) is 19.7 Å².